The van der Waals surface area contributed by atoms with E-state index in [9.17, 15) is 21.6 Å². The summed E-state index contributed by atoms with van der Waals surface area (Å²) in [7, 11) is -4.53. The number of aliphatic hydroxyl groups is 1. The fourth-order valence-corrected chi connectivity index (χ4v) is 1.50. The predicted molar refractivity (Wildman–Crippen MR) is 42.1 cm³/mol. The van der Waals surface area contributed by atoms with Crippen molar-refractivity contribution >= 4 is 10.1 Å². The van der Waals surface area contributed by atoms with E-state index in [2.05, 4.69) is 4.18 Å². The van der Waals surface area contributed by atoms with Gasteiger partial charge in [-0.2, -0.15) is 21.6 Å². The van der Waals surface area contributed by atoms with E-state index in [1.807, 2.05) is 0 Å². The van der Waals surface area contributed by atoms with Crippen molar-refractivity contribution in [1.29, 1.82) is 0 Å². The molecule has 1 N–H and O–H groups in total. The van der Waals surface area contributed by atoms with Gasteiger partial charge in [0.1, 0.15) is 0 Å². The second-order valence-corrected chi connectivity index (χ2v) is 4.21. The Kier molecular flexibility index (Phi) is 5.38. The fourth-order valence-electron chi connectivity index (χ4n) is 0.642. The third-order valence-corrected chi connectivity index (χ3v) is 2.36. The molecule has 14 heavy (non-hydrogen) atoms. The Balaban J connectivity index is 3.86. The second-order valence-electron chi connectivity index (χ2n) is 2.57. The summed E-state index contributed by atoms with van der Waals surface area (Å²) in [4.78, 5) is 0. The summed E-state index contributed by atoms with van der Waals surface area (Å²) in [5.41, 5.74) is 0. The van der Waals surface area contributed by atoms with Gasteiger partial charge in [0.05, 0.1) is 6.61 Å². The van der Waals surface area contributed by atoms with Gasteiger partial charge in [-0.1, -0.05) is 0 Å². The number of hydrogen-bond donors (Lipinski definition) is 1. The van der Waals surface area contributed by atoms with Crippen molar-refractivity contribution in [2.45, 2.75) is 19.0 Å². The average molecular weight is 236 g/mol. The number of aliphatic hydroxyl groups excluding tert-OH is 1. The molecule has 0 aromatic carbocycles. The van der Waals surface area contributed by atoms with Crippen LogP contribution in [0.2, 0.25) is 0 Å². The summed E-state index contributed by atoms with van der Waals surface area (Å²) in [6, 6.07) is 0. The molecule has 0 rings (SSSR count). The van der Waals surface area contributed by atoms with E-state index < -0.39 is 22.0 Å². The normalized spacial score (nSPS) is 13.1. The molecule has 0 bridgehead atoms. The van der Waals surface area contributed by atoms with Gasteiger partial charge in [0.2, 0.25) is 0 Å². The highest BCUT2D eigenvalue weighted by molar-refractivity contribution is 7.86. The van der Waals surface area contributed by atoms with Crippen LogP contribution in [-0.4, -0.2) is 38.7 Å². The molecule has 0 aliphatic carbocycles. The van der Waals surface area contributed by atoms with Crippen molar-refractivity contribution in [3.63, 3.8) is 0 Å². The molecule has 0 aromatic heterocycles. The fraction of sp³-hybridized carbons (Fsp3) is 1.00. The molecule has 0 aliphatic heterocycles. The predicted octanol–water partition coefficient (Wildman–Crippen LogP) is 0.668. The minimum Gasteiger partial charge on any atom is -0.396 e. The summed E-state index contributed by atoms with van der Waals surface area (Å²) < 4.78 is 60.1. The highest BCUT2D eigenvalue weighted by Gasteiger charge is 2.35. The lowest BCUT2D eigenvalue weighted by Gasteiger charge is -2.07. The van der Waals surface area contributed by atoms with Gasteiger partial charge in [0.25, 0.3) is 10.1 Å². The minimum absolute atomic E-state index is 0.150. The van der Waals surface area contributed by atoms with Crippen molar-refractivity contribution in [2.24, 2.45) is 0 Å². The van der Waals surface area contributed by atoms with Crippen LogP contribution in [0.1, 0.15) is 12.8 Å². The molecule has 0 spiro atoms. The van der Waals surface area contributed by atoms with Gasteiger partial charge in [-0.05, 0) is 12.8 Å². The lowest BCUT2D eigenvalue weighted by Crippen LogP contribution is -2.24. The van der Waals surface area contributed by atoms with Crippen LogP contribution in [0.15, 0.2) is 0 Å². The Hall–Kier alpha value is -0.340. The topological polar surface area (TPSA) is 63.6 Å². The van der Waals surface area contributed by atoms with Crippen LogP contribution >= 0.6 is 0 Å². The first-order valence-corrected chi connectivity index (χ1v) is 5.39. The van der Waals surface area contributed by atoms with Gasteiger partial charge in [-0.25, -0.2) is 0 Å². The standard InChI is InChI=1S/C6H11F3O4S/c7-6(8,9)5-14(11,12)13-4-2-1-3-10/h10H,1-5H2. The van der Waals surface area contributed by atoms with E-state index in [-0.39, 0.29) is 19.6 Å². The zero-order valence-corrected chi connectivity index (χ0v) is 8.07. The van der Waals surface area contributed by atoms with Gasteiger partial charge in [-0.15, -0.1) is 0 Å². The number of halogens is 3. The van der Waals surface area contributed by atoms with E-state index in [4.69, 9.17) is 5.11 Å². The molecule has 0 radical (unpaired) electrons. The van der Waals surface area contributed by atoms with Crippen molar-refractivity contribution in [2.75, 3.05) is 19.0 Å². The van der Waals surface area contributed by atoms with E-state index >= 15 is 0 Å². The van der Waals surface area contributed by atoms with E-state index in [1.165, 1.54) is 0 Å². The molecule has 0 aliphatic rings. The lowest BCUT2D eigenvalue weighted by molar-refractivity contribution is -0.107. The van der Waals surface area contributed by atoms with Crippen LogP contribution in [-0.2, 0) is 14.3 Å². The second kappa shape index (κ2) is 5.52. The summed E-state index contributed by atoms with van der Waals surface area (Å²) >= 11 is 0. The van der Waals surface area contributed by atoms with E-state index in [0.717, 1.165) is 0 Å². The van der Waals surface area contributed by atoms with Crippen LogP contribution in [0.5, 0.6) is 0 Å². The number of alkyl halides is 3. The Morgan fingerprint density at radius 1 is 1.21 bits per heavy atom. The Morgan fingerprint density at radius 3 is 2.21 bits per heavy atom. The molecular formula is C6H11F3O4S. The van der Waals surface area contributed by atoms with Crippen LogP contribution in [0.4, 0.5) is 13.2 Å². The molecule has 4 nitrogen and oxygen atoms in total. The monoisotopic (exact) mass is 236 g/mol. The zero-order valence-electron chi connectivity index (χ0n) is 7.25. The SMILES string of the molecule is O=S(=O)(CC(F)(F)F)OCCCCO. The quantitative estimate of drug-likeness (QED) is 0.543. The van der Waals surface area contributed by atoms with Crippen molar-refractivity contribution in [3.8, 4) is 0 Å². The summed E-state index contributed by atoms with van der Waals surface area (Å²) in [6.07, 6.45) is -4.29. The molecule has 86 valence electrons. The summed E-state index contributed by atoms with van der Waals surface area (Å²) in [5.74, 6) is -1.97. The molecule has 0 atom stereocenters. The Morgan fingerprint density at radius 2 is 1.79 bits per heavy atom. The lowest BCUT2D eigenvalue weighted by atomic mass is 10.3. The highest BCUT2D eigenvalue weighted by atomic mass is 32.2. The molecule has 8 heteroatoms. The highest BCUT2D eigenvalue weighted by Crippen LogP contribution is 2.18. The minimum atomic E-state index is -4.78. The number of unbranched alkanes of at least 4 members (excludes halogenated alkanes) is 1. The van der Waals surface area contributed by atoms with Gasteiger partial charge in [-0.3, -0.25) is 4.18 Å². The molecular weight excluding hydrogens is 225 g/mol. The van der Waals surface area contributed by atoms with Gasteiger partial charge < -0.3 is 5.11 Å². The van der Waals surface area contributed by atoms with Crippen LogP contribution in [0.25, 0.3) is 0 Å². The van der Waals surface area contributed by atoms with E-state index in [1.54, 1.807) is 0 Å². The maximum atomic E-state index is 11.6. The van der Waals surface area contributed by atoms with E-state index in [0.29, 0.717) is 6.42 Å². The third kappa shape index (κ3) is 8.27. The van der Waals surface area contributed by atoms with Crippen molar-refractivity contribution in [3.05, 3.63) is 0 Å². The molecule has 0 amide bonds. The van der Waals surface area contributed by atoms with Gasteiger partial charge in [0, 0.05) is 6.61 Å². The maximum Gasteiger partial charge on any atom is 0.405 e. The molecule has 0 heterocycles. The van der Waals surface area contributed by atoms with Crippen LogP contribution < -0.4 is 0 Å². The van der Waals surface area contributed by atoms with Crippen molar-refractivity contribution < 1.29 is 30.9 Å². The molecule has 0 saturated carbocycles. The first-order chi connectivity index (χ1) is 6.27. The largest absolute Gasteiger partial charge is 0.405 e. The summed E-state index contributed by atoms with van der Waals surface area (Å²) in [6.45, 7) is -0.484. The van der Waals surface area contributed by atoms with Crippen LogP contribution in [0, 0.1) is 0 Å². The first-order valence-electron chi connectivity index (χ1n) is 3.81. The molecule has 0 aromatic rings. The van der Waals surface area contributed by atoms with Crippen molar-refractivity contribution in [1.82, 2.24) is 0 Å². The zero-order chi connectivity index (χ0) is 11.2. The summed E-state index contributed by atoms with van der Waals surface area (Å²) in [5, 5.41) is 8.30. The van der Waals surface area contributed by atoms with Gasteiger partial charge in [0.15, 0.2) is 5.75 Å². The Labute approximate surface area is 79.8 Å². The number of rotatable bonds is 6. The molecule has 0 fully saturated rings. The molecule has 0 unspecified atom stereocenters. The first kappa shape index (κ1) is 13.7. The third-order valence-electron chi connectivity index (χ3n) is 1.16. The Bertz CT molecular complexity index is 246. The molecule has 0 saturated heterocycles. The van der Waals surface area contributed by atoms with Gasteiger partial charge >= 0.3 is 6.18 Å². The average Bonchev–Trinajstić information content (AvgIpc) is 1.93. The number of hydrogen-bond acceptors (Lipinski definition) is 4. The maximum absolute atomic E-state index is 11.6. The van der Waals surface area contributed by atoms with Crippen LogP contribution in [0.3, 0.4) is 0 Å². The smallest absolute Gasteiger partial charge is 0.396 e.